The van der Waals surface area contributed by atoms with Crippen molar-refractivity contribution in [2.24, 2.45) is 0 Å². The van der Waals surface area contributed by atoms with Crippen LogP contribution >= 0.6 is 0 Å². The van der Waals surface area contributed by atoms with Crippen molar-refractivity contribution < 1.29 is 4.79 Å². The Labute approximate surface area is 119 Å². The SMILES string of the molecule is CNC(=O)Cc1ccccc1NC(C)c1ccccn1. The Bertz CT molecular complexity index is 569. The van der Waals surface area contributed by atoms with Crippen LogP contribution in [-0.4, -0.2) is 17.9 Å². The van der Waals surface area contributed by atoms with Crippen molar-refractivity contribution in [3.05, 3.63) is 59.9 Å². The van der Waals surface area contributed by atoms with E-state index in [1.165, 1.54) is 0 Å². The number of nitrogens with one attached hydrogen (secondary N) is 2. The molecule has 1 aromatic carbocycles. The maximum atomic E-state index is 11.5. The summed E-state index contributed by atoms with van der Waals surface area (Å²) in [7, 11) is 1.65. The third-order valence-corrected chi connectivity index (χ3v) is 3.15. The van der Waals surface area contributed by atoms with Crippen LogP contribution in [0.4, 0.5) is 5.69 Å². The highest BCUT2D eigenvalue weighted by Gasteiger charge is 2.10. The van der Waals surface area contributed by atoms with Crippen molar-refractivity contribution in [3.8, 4) is 0 Å². The predicted molar refractivity (Wildman–Crippen MR) is 80.5 cm³/mol. The summed E-state index contributed by atoms with van der Waals surface area (Å²) in [6.07, 6.45) is 2.15. The van der Waals surface area contributed by atoms with Crippen molar-refractivity contribution in [1.82, 2.24) is 10.3 Å². The van der Waals surface area contributed by atoms with Crippen LogP contribution in [0.5, 0.6) is 0 Å². The van der Waals surface area contributed by atoms with E-state index in [0.717, 1.165) is 16.9 Å². The largest absolute Gasteiger partial charge is 0.377 e. The summed E-state index contributed by atoms with van der Waals surface area (Å²) in [4.78, 5) is 15.9. The predicted octanol–water partition coefficient (Wildman–Crippen LogP) is 2.54. The van der Waals surface area contributed by atoms with E-state index in [2.05, 4.69) is 22.5 Å². The molecular weight excluding hydrogens is 250 g/mol. The molecule has 0 saturated heterocycles. The number of aromatic nitrogens is 1. The summed E-state index contributed by atoms with van der Waals surface area (Å²) in [6.45, 7) is 2.05. The van der Waals surface area contributed by atoms with Crippen molar-refractivity contribution in [3.63, 3.8) is 0 Å². The average Bonchev–Trinajstić information content (AvgIpc) is 2.50. The van der Waals surface area contributed by atoms with Gasteiger partial charge in [-0.05, 0) is 30.7 Å². The van der Waals surface area contributed by atoms with Gasteiger partial charge in [0, 0.05) is 18.9 Å². The molecule has 0 radical (unpaired) electrons. The van der Waals surface area contributed by atoms with Crippen molar-refractivity contribution in [1.29, 1.82) is 0 Å². The van der Waals surface area contributed by atoms with Gasteiger partial charge in [0.15, 0.2) is 0 Å². The summed E-state index contributed by atoms with van der Waals surface area (Å²) < 4.78 is 0. The minimum Gasteiger partial charge on any atom is -0.377 e. The molecule has 0 bridgehead atoms. The lowest BCUT2D eigenvalue weighted by atomic mass is 10.1. The first-order chi connectivity index (χ1) is 9.70. The van der Waals surface area contributed by atoms with Crippen molar-refractivity contribution in [2.75, 3.05) is 12.4 Å². The number of anilines is 1. The van der Waals surface area contributed by atoms with Crippen LogP contribution in [0.15, 0.2) is 48.7 Å². The number of pyridine rings is 1. The van der Waals surface area contributed by atoms with Gasteiger partial charge in [-0.3, -0.25) is 9.78 Å². The number of amides is 1. The Morgan fingerprint density at radius 1 is 1.20 bits per heavy atom. The molecule has 4 nitrogen and oxygen atoms in total. The number of carbonyl (C=O) groups is 1. The molecule has 104 valence electrons. The zero-order chi connectivity index (χ0) is 14.4. The normalized spacial score (nSPS) is 11.7. The van der Waals surface area contributed by atoms with Gasteiger partial charge in [-0.15, -0.1) is 0 Å². The second-order valence-corrected chi connectivity index (χ2v) is 4.63. The Morgan fingerprint density at radius 3 is 2.65 bits per heavy atom. The number of likely N-dealkylation sites (N-methyl/N-ethyl adjacent to an activating group) is 1. The van der Waals surface area contributed by atoms with Crippen LogP contribution in [0.25, 0.3) is 0 Å². The minimum absolute atomic E-state index is 0.00439. The molecule has 2 rings (SSSR count). The second kappa shape index (κ2) is 6.70. The molecule has 0 fully saturated rings. The fourth-order valence-electron chi connectivity index (χ4n) is 2.02. The quantitative estimate of drug-likeness (QED) is 0.877. The molecule has 1 heterocycles. The Balaban J connectivity index is 2.15. The molecular formula is C16H19N3O. The van der Waals surface area contributed by atoms with E-state index in [4.69, 9.17) is 0 Å². The van der Waals surface area contributed by atoms with Gasteiger partial charge in [0.25, 0.3) is 0 Å². The third kappa shape index (κ3) is 3.57. The van der Waals surface area contributed by atoms with E-state index in [-0.39, 0.29) is 11.9 Å². The summed E-state index contributed by atoms with van der Waals surface area (Å²) in [6, 6.07) is 13.8. The number of hydrogen-bond acceptors (Lipinski definition) is 3. The van der Waals surface area contributed by atoms with Gasteiger partial charge in [-0.25, -0.2) is 0 Å². The molecule has 2 N–H and O–H groups in total. The molecule has 1 aromatic heterocycles. The number of hydrogen-bond donors (Lipinski definition) is 2. The zero-order valence-corrected chi connectivity index (χ0v) is 11.8. The van der Waals surface area contributed by atoms with Gasteiger partial charge in [-0.2, -0.15) is 0 Å². The molecule has 0 aliphatic heterocycles. The van der Waals surface area contributed by atoms with Gasteiger partial charge in [0.05, 0.1) is 18.2 Å². The lowest BCUT2D eigenvalue weighted by Gasteiger charge is -2.17. The fraction of sp³-hybridized carbons (Fsp3) is 0.250. The molecule has 1 unspecified atom stereocenters. The molecule has 0 spiro atoms. The number of rotatable bonds is 5. The maximum Gasteiger partial charge on any atom is 0.224 e. The number of benzene rings is 1. The molecule has 0 aliphatic carbocycles. The van der Waals surface area contributed by atoms with Crippen LogP contribution in [-0.2, 0) is 11.2 Å². The number of nitrogens with zero attached hydrogens (tertiary/aromatic N) is 1. The fourth-order valence-corrected chi connectivity index (χ4v) is 2.02. The topological polar surface area (TPSA) is 54.0 Å². The summed E-state index contributed by atoms with van der Waals surface area (Å²) in [5.74, 6) is 0.00439. The van der Waals surface area contributed by atoms with Crippen LogP contribution < -0.4 is 10.6 Å². The Kier molecular flexibility index (Phi) is 4.71. The standard InChI is InChI=1S/C16H19N3O/c1-12(14-8-5-6-10-18-14)19-15-9-4-3-7-13(15)11-16(20)17-2/h3-10,12,19H,11H2,1-2H3,(H,17,20). The average molecular weight is 269 g/mol. The molecule has 0 aliphatic rings. The molecule has 1 amide bonds. The highest BCUT2D eigenvalue weighted by atomic mass is 16.1. The first-order valence-electron chi connectivity index (χ1n) is 6.66. The number of para-hydroxylation sites is 1. The summed E-state index contributed by atoms with van der Waals surface area (Å²) in [5, 5.41) is 6.06. The van der Waals surface area contributed by atoms with Gasteiger partial charge < -0.3 is 10.6 Å². The summed E-state index contributed by atoms with van der Waals surface area (Å²) >= 11 is 0. The molecule has 20 heavy (non-hydrogen) atoms. The van der Waals surface area contributed by atoms with Crippen molar-refractivity contribution >= 4 is 11.6 Å². The van der Waals surface area contributed by atoms with Gasteiger partial charge in [-0.1, -0.05) is 24.3 Å². The third-order valence-electron chi connectivity index (χ3n) is 3.15. The molecule has 2 aromatic rings. The van der Waals surface area contributed by atoms with Crippen LogP contribution in [0, 0.1) is 0 Å². The highest BCUT2D eigenvalue weighted by molar-refractivity contribution is 5.80. The van der Waals surface area contributed by atoms with Crippen LogP contribution in [0.2, 0.25) is 0 Å². The Morgan fingerprint density at radius 2 is 1.95 bits per heavy atom. The second-order valence-electron chi connectivity index (χ2n) is 4.63. The van der Waals surface area contributed by atoms with E-state index in [0.29, 0.717) is 6.42 Å². The first kappa shape index (κ1) is 14.1. The maximum absolute atomic E-state index is 11.5. The highest BCUT2D eigenvalue weighted by Crippen LogP contribution is 2.21. The van der Waals surface area contributed by atoms with E-state index in [1.54, 1.807) is 13.2 Å². The monoisotopic (exact) mass is 269 g/mol. The lowest BCUT2D eigenvalue weighted by molar-refractivity contribution is -0.119. The van der Waals surface area contributed by atoms with Crippen molar-refractivity contribution in [2.45, 2.75) is 19.4 Å². The van der Waals surface area contributed by atoms with E-state index < -0.39 is 0 Å². The molecule has 0 saturated carbocycles. The van der Waals surface area contributed by atoms with E-state index in [9.17, 15) is 4.79 Å². The van der Waals surface area contributed by atoms with Gasteiger partial charge in [0.1, 0.15) is 0 Å². The Hall–Kier alpha value is -2.36. The molecule has 4 heteroatoms. The van der Waals surface area contributed by atoms with E-state index in [1.807, 2.05) is 42.5 Å². The molecule has 1 atom stereocenters. The van der Waals surface area contributed by atoms with E-state index >= 15 is 0 Å². The zero-order valence-electron chi connectivity index (χ0n) is 11.8. The smallest absolute Gasteiger partial charge is 0.224 e. The summed E-state index contributed by atoms with van der Waals surface area (Å²) in [5.41, 5.74) is 2.92. The minimum atomic E-state index is 0.00439. The van der Waals surface area contributed by atoms with Crippen LogP contribution in [0.3, 0.4) is 0 Å². The first-order valence-corrected chi connectivity index (χ1v) is 6.66. The van der Waals surface area contributed by atoms with Crippen LogP contribution in [0.1, 0.15) is 24.2 Å². The number of carbonyl (C=O) groups excluding carboxylic acids is 1. The van der Waals surface area contributed by atoms with Gasteiger partial charge >= 0.3 is 0 Å². The lowest BCUT2D eigenvalue weighted by Crippen LogP contribution is -2.21. The van der Waals surface area contributed by atoms with Gasteiger partial charge in [0.2, 0.25) is 5.91 Å².